The van der Waals surface area contributed by atoms with Gasteiger partial charge in [0.1, 0.15) is 18.9 Å². The molecule has 6 nitrogen and oxygen atoms in total. The maximum Gasteiger partial charge on any atom is 0.434 e. The van der Waals surface area contributed by atoms with Crippen LogP contribution < -0.4 is 0 Å². The standard InChI is InChI=1S/C8H7F2N3O3/c9-7(10)2-1-6(14)5-12-4-3-11-8(12)13(15)16/h2-4H,1,5H2. The van der Waals surface area contributed by atoms with Crippen LogP contribution >= 0.6 is 0 Å². The summed E-state index contributed by atoms with van der Waals surface area (Å²) in [4.78, 5) is 24.2. The molecule has 0 saturated heterocycles. The zero-order valence-electron chi connectivity index (χ0n) is 7.97. The van der Waals surface area contributed by atoms with Crippen molar-refractivity contribution in [3.63, 3.8) is 0 Å². The molecular weight excluding hydrogens is 224 g/mol. The van der Waals surface area contributed by atoms with Gasteiger partial charge in [-0.2, -0.15) is 8.78 Å². The van der Waals surface area contributed by atoms with Crippen LogP contribution in [0.3, 0.4) is 0 Å². The number of nitro groups is 1. The topological polar surface area (TPSA) is 78.0 Å². The zero-order chi connectivity index (χ0) is 12.1. The second kappa shape index (κ2) is 5.10. The number of carbonyl (C=O) groups is 1. The Morgan fingerprint density at radius 3 is 2.88 bits per heavy atom. The van der Waals surface area contributed by atoms with Crippen LogP contribution in [-0.4, -0.2) is 20.3 Å². The molecule has 0 aliphatic carbocycles. The maximum absolute atomic E-state index is 11.7. The molecular formula is C8H7F2N3O3. The summed E-state index contributed by atoms with van der Waals surface area (Å²) in [6.45, 7) is -0.347. The SMILES string of the molecule is O=C(CC=C(F)F)Cn1ccnc1[N+](=O)[O-]. The van der Waals surface area contributed by atoms with E-state index in [0.717, 1.165) is 10.8 Å². The Balaban J connectivity index is 2.66. The van der Waals surface area contributed by atoms with Gasteiger partial charge >= 0.3 is 5.95 Å². The molecule has 0 bridgehead atoms. The fourth-order valence-corrected chi connectivity index (χ4v) is 1.04. The lowest BCUT2D eigenvalue weighted by Gasteiger charge is -1.98. The van der Waals surface area contributed by atoms with Gasteiger partial charge in [0.25, 0.3) is 6.08 Å². The molecule has 0 aliphatic heterocycles. The Morgan fingerprint density at radius 1 is 1.62 bits per heavy atom. The Labute approximate surface area is 88.4 Å². The molecule has 1 aromatic heterocycles. The number of rotatable bonds is 5. The molecule has 0 aromatic carbocycles. The number of nitrogens with zero attached hydrogens (tertiary/aromatic N) is 3. The molecule has 0 atom stereocenters. The van der Waals surface area contributed by atoms with Crippen LogP contribution in [0.15, 0.2) is 24.6 Å². The highest BCUT2D eigenvalue weighted by atomic mass is 19.3. The second-order valence-corrected chi connectivity index (χ2v) is 2.85. The first-order chi connectivity index (χ1) is 7.50. The molecule has 0 amide bonds. The Kier molecular flexibility index (Phi) is 3.81. The molecule has 0 N–H and O–H groups in total. The van der Waals surface area contributed by atoms with Gasteiger partial charge in [-0.05, 0) is 11.0 Å². The van der Waals surface area contributed by atoms with Crippen LogP contribution in [-0.2, 0) is 11.3 Å². The first-order valence-electron chi connectivity index (χ1n) is 4.19. The van der Waals surface area contributed by atoms with Gasteiger partial charge in [0, 0.05) is 6.42 Å². The van der Waals surface area contributed by atoms with Crippen LogP contribution in [0.2, 0.25) is 0 Å². The Bertz CT molecular complexity index is 437. The smallest absolute Gasteiger partial charge is 0.390 e. The summed E-state index contributed by atoms with van der Waals surface area (Å²) < 4.78 is 24.3. The van der Waals surface area contributed by atoms with Crippen LogP contribution in [0.4, 0.5) is 14.7 Å². The van der Waals surface area contributed by atoms with Crippen LogP contribution in [0.5, 0.6) is 0 Å². The number of ketones is 1. The molecule has 86 valence electrons. The van der Waals surface area contributed by atoms with Gasteiger partial charge in [-0.1, -0.05) is 4.98 Å². The van der Waals surface area contributed by atoms with E-state index in [0.29, 0.717) is 6.08 Å². The molecule has 16 heavy (non-hydrogen) atoms. The minimum atomic E-state index is -1.95. The van der Waals surface area contributed by atoms with E-state index >= 15 is 0 Å². The van der Waals surface area contributed by atoms with E-state index in [1.807, 2.05) is 0 Å². The summed E-state index contributed by atoms with van der Waals surface area (Å²) in [6, 6.07) is 0. The summed E-state index contributed by atoms with van der Waals surface area (Å²) >= 11 is 0. The van der Waals surface area contributed by atoms with E-state index < -0.39 is 29.2 Å². The number of Topliss-reactive ketones (excluding diaryl/α,β-unsaturated/α-hetero) is 1. The number of hydrogen-bond donors (Lipinski definition) is 0. The summed E-state index contributed by atoms with van der Waals surface area (Å²) in [6.07, 6.45) is 0.458. The van der Waals surface area contributed by atoms with Gasteiger partial charge < -0.3 is 10.1 Å². The number of carbonyl (C=O) groups excluding carboxylic acids is 1. The van der Waals surface area contributed by atoms with Gasteiger partial charge in [0.05, 0.1) is 0 Å². The predicted octanol–water partition coefficient (Wildman–Crippen LogP) is 1.53. The monoisotopic (exact) mass is 231 g/mol. The normalized spacial score (nSPS) is 9.88. The van der Waals surface area contributed by atoms with Crippen LogP contribution in [0.25, 0.3) is 0 Å². The summed E-state index contributed by atoms with van der Waals surface area (Å²) in [7, 11) is 0. The van der Waals surface area contributed by atoms with E-state index in [9.17, 15) is 23.7 Å². The summed E-state index contributed by atoms with van der Waals surface area (Å²) in [5, 5.41) is 10.4. The number of halogens is 2. The van der Waals surface area contributed by atoms with Crippen molar-refractivity contribution in [1.29, 1.82) is 0 Å². The Morgan fingerprint density at radius 2 is 2.31 bits per heavy atom. The van der Waals surface area contributed by atoms with Crippen molar-refractivity contribution < 1.29 is 18.5 Å². The van der Waals surface area contributed by atoms with Gasteiger partial charge in [-0.25, -0.2) is 4.57 Å². The highest BCUT2D eigenvalue weighted by Crippen LogP contribution is 2.08. The molecule has 0 aliphatic rings. The van der Waals surface area contributed by atoms with Gasteiger partial charge in [0.15, 0.2) is 5.78 Å². The second-order valence-electron chi connectivity index (χ2n) is 2.85. The molecule has 1 rings (SSSR count). The fourth-order valence-electron chi connectivity index (χ4n) is 1.04. The van der Waals surface area contributed by atoms with Crippen molar-refractivity contribution >= 4 is 11.7 Å². The van der Waals surface area contributed by atoms with Crippen LogP contribution in [0.1, 0.15) is 6.42 Å². The third-order valence-electron chi connectivity index (χ3n) is 1.69. The first-order valence-corrected chi connectivity index (χ1v) is 4.19. The molecule has 1 aromatic rings. The van der Waals surface area contributed by atoms with Gasteiger partial charge in [0.2, 0.25) is 0 Å². The average molecular weight is 231 g/mol. The van der Waals surface area contributed by atoms with E-state index in [1.165, 1.54) is 6.20 Å². The lowest BCUT2D eigenvalue weighted by atomic mass is 10.3. The minimum absolute atomic E-state index is 0.347. The maximum atomic E-state index is 11.7. The fraction of sp³-hybridized carbons (Fsp3) is 0.250. The van der Waals surface area contributed by atoms with Crippen molar-refractivity contribution in [3.05, 3.63) is 34.7 Å². The van der Waals surface area contributed by atoms with Crippen molar-refractivity contribution in [2.45, 2.75) is 13.0 Å². The first kappa shape index (κ1) is 12.0. The van der Waals surface area contributed by atoms with Crippen LogP contribution in [0, 0.1) is 10.1 Å². The van der Waals surface area contributed by atoms with Crippen molar-refractivity contribution in [1.82, 2.24) is 9.55 Å². The number of allylic oxidation sites excluding steroid dienone is 1. The van der Waals surface area contributed by atoms with E-state index in [2.05, 4.69) is 4.98 Å². The predicted molar refractivity (Wildman–Crippen MR) is 48.8 cm³/mol. The molecule has 0 fully saturated rings. The van der Waals surface area contributed by atoms with Gasteiger partial charge in [-0.3, -0.25) is 4.79 Å². The summed E-state index contributed by atoms with van der Waals surface area (Å²) in [5.41, 5.74) is 0. The van der Waals surface area contributed by atoms with E-state index in [1.54, 1.807) is 0 Å². The highest BCUT2D eigenvalue weighted by molar-refractivity contribution is 5.79. The molecule has 1 heterocycles. The largest absolute Gasteiger partial charge is 0.434 e. The number of imidazole rings is 1. The van der Waals surface area contributed by atoms with Gasteiger partial charge in [-0.15, -0.1) is 0 Å². The molecule has 0 saturated carbocycles. The summed E-state index contributed by atoms with van der Waals surface area (Å²) in [5.74, 6) is -1.05. The number of aromatic nitrogens is 2. The zero-order valence-corrected chi connectivity index (χ0v) is 7.97. The molecule has 8 heteroatoms. The third kappa shape index (κ3) is 3.23. The minimum Gasteiger partial charge on any atom is -0.390 e. The number of hydrogen-bond acceptors (Lipinski definition) is 4. The Hall–Kier alpha value is -2.12. The third-order valence-corrected chi connectivity index (χ3v) is 1.69. The quantitative estimate of drug-likeness (QED) is 0.568. The molecule has 0 spiro atoms. The lowest BCUT2D eigenvalue weighted by Crippen LogP contribution is -2.10. The van der Waals surface area contributed by atoms with Crippen molar-refractivity contribution in [3.8, 4) is 0 Å². The lowest BCUT2D eigenvalue weighted by molar-refractivity contribution is -0.396. The van der Waals surface area contributed by atoms with E-state index in [4.69, 9.17) is 0 Å². The average Bonchev–Trinajstić information content (AvgIpc) is 2.62. The highest BCUT2D eigenvalue weighted by Gasteiger charge is 2.16. The van der Waals surface area contributed by atoms with Crippen molar-refractivity contribution in [2.75, 3.05) is 0 Å². The van der Waals surface area contributed by atoms with Crippen molar-refractivity contribution in [2.24, 2.45) is 0 Å². The van der Waals surface area contributed by atoms with E-state index in [-0.39, 0.29) is 6.54 Å². The molecule has 0 radical (unpaired) electrons. The molecule has 0 unspecified atom stereocenters.